The van der Waals surface area contributed by atoms with E-state index in [0.717, 1.165) is 36.1 Å². The lowest BCUT2D eigenvalue weighted by atomic mass is 10.1. The van der Waals surface area contributed by atoms with E-state index in [9.17, 15) is 12.8 Å². The van der Waals surface area contributed by atoms with Gasteiger partial charge in [0.05, 0.1) is 34.8 Å². The molecule has 0 bridgehead atoms. The lowest BCUT2D eigenvalue weighted by Gasteiger charge is -2.26. The van der Waals surface area contributed by atoms with E-state index in [1.807, 2.05) is 29.2 Å². The molecule has 196 valence electrons. The molecule has 0 atom stereocenters. The normalized spacial score (nSPS) is 16.0. The van der Waals surface area contributed by atoms with Gasteiger partial charge in [0.2, 0.25) is 0 Å². The minimum atomic E-state index is -2.88. The van der Waals surface area contributed by atoms with Crippen LogP contribution in [0.1, 0.15) is 31.9 Å². The second kappa shape index (κ2) is 10.3. The van der Waals surface area contributed by atoms with E-state index in [2.05, 4.69) is 46.0 Å². The van der Waals surface area contributed by atoms with Gasteiger partial charge < -0.3 is 10.2 Å². The van der Waals surface area contributed by atoms with Gasteiger partial charge in [0.1, 0.15) is 11.5 Å². The summed E-state index contributed by atoms with van der Waals surface area (Å²) >= 11 is 0. The maximum absolute atomic E-state index is 14.5. The molecule has 5 rings (SSSR count). The zero-order valence-electron chi connectivity index (χ0n) is 21.5. The Morgan fingerprint density at radius 1 is 1.11 bits per heavy atom. The molecule has 1 saturated heterocycles. The Labute approximate surface area is 217 Å². The van der Waals surface area contributed by atoms with Crippen molar-refractivity contribution in [2.45, 2.75) is 32.7 Å². The van der Waals surface area contributed by atoms with Crippen LogP contribution in [0.15, 0.2) is 48.9 Å². The van der Waals surface area contributed by atoms with Gasteiger partial charge in [0.25, 0.3) is 0 Å². The molecule has 10 heteroatoms. The van der Waals surface area contributed by atoms with E-state index in [1.165, 1.54) is 11.6 Å². The second-order valence-corrected chi connectivity index (χ2v) is 12.2. The Bertz CT molecular complexity index is 1510. The highest BCUT2D eigenvalue weighted by atomic mass is 32.2. The van der Waals surface area contributed by atoms with Crippen LogP contribution in [0.5, 0.6) is 0 Å². The van der Waals surface area contributed by atoms with E-state index in [1.54, 1.807) is 13.1 Å². The topological polar surface area (TPSA) is 85.0 Å². The number of halogens is 1. The second-order valence-electron chi connectivity index (χ2n) is 9.91. The third-order valence-corrected chi connectivity index (χ3v) is 8.63. The summed E-state index contributed by atoms with van der Waals surface area (Å²) in [5, 5.41) is 8.41. The minimum absolute atomic E-state index is 0.237. The number of rotatable bonds is 8. The number of anilines is 1. The van der Waals surface area contributed by atoms with Crippen LogP contribution in [0, 0.1) is 5.82 Å². The van der Waals surface area contributed by atoms with Gasteiger partial charge in [-0.2, -0.15) is 5.10 Å². The quantitative estimate of drug-likeness (QED) is 0.370. The molecule has 0 spiro atoms. The van der Waals surface area contributed by atoms with Gasteiger partial charge in [-0.05, 0) is 63.1 Å². The molecule has 1 aliphatic heterocycles. The van der Waals surface area contributed by atoms with Crippen LogP contribution in [-0.4, -0.2) is 70.8 Å². The molecule has 4 heterocycles. The summed E-state index contributed by atoms with van der Waals surface area (Å²) in [5.74, 6) is 0.172. The van der Waals surface area contributed by atoms with Gasteiger partial charge in [-0.1, -0.05) is 6.07 Å². The highest BCUT2D eigenvalue weighted by Gasteiger charge is 2.21. The van der Waals surface area contributed by atoms with Crippen molar-refractivity contribution < 1.29 is 12.8 Å². The van der Waals surface area contributed by atoms with Crippen molar-refractivity contribution in [3.05, 3.63) is 60.3 Å². The number of sulfone groups is 1. The van der Waals surface area contributed by atoms with Crippen molar-refractivity contribution in [3.8, 4) is 16.9 Å². The maximum Gasteiger partial charge on any atom is 0.152 e. The predicted octanol–water partition coefficient (Wildman–Crippen LogP) is 4.31. The van der Waals surface area contributed by atoms with Crippen LogP contribution in [0.25, 0.3) is 28.0 Å². The van der Waals surface area contributed by atoms with Crippen LogP contribution in [0.4, 0.5) is 10.1 Å². The molecular weight excluding hydrogens is 491 g/mol. The van der Waals surface area contributed by atoms with Crippen LogP contribution in [0.3, 0.4) is 0 Å². The van der Waals surface area contributed by atoms with Crippen molar-refractivity contribution in [2.75, 3.05) is 43.5 Å². The third-order valence-electron chi connectivity index (χ3n) is 7.02. The van der Waals surface area contributed by atoms with E-state index < -0.39 is 9.84 Å². The highest BCUT2D eigenvalue weighted by Crippen LogP contribution is 2.29. The molecule has 0 saturated carbocycles. The molecule has 8 nitrogen and oxygen atoms in total. The molecule has 0 aliphatic carbocycles. The molecule has 1 fully saturated rings. The number of aryl methyl sites for hydroxylation is 1. The van der Waals surface area contributed by atoms with E-state index in [-0.39, 0.29) is 23.4 Å². The van der Waals surface area contributed by atoms with E-state index in [4.69, 9.17) is 4.98 Å². The molecule has 1 N–H and O–H groups in total. The van der Waals surface area contributed by atoms with Gasteiger partial charge in [0.15, 0.2) is 9.84 Å². The monoisotopic (exact) mass is 524 g/mol. The molecular formula is C27H33FN6O2S. The number of hydrogen-bond donors (Lipinski definition) is 1. The molecule has 0 unspecified atom stereocenters. The zero-order chi connectivity index (χ0) is 26.2. The van der Waals surface area contributed by atoms with Crippen molar-refractivity contribution in [1.82, 2.24) is 24.2 Å². The summed E-state index contributed by atoms with van der Waals surface area (Å²) < 4.78 is 41.9. The zero-order valence-corrected chi connectivity index (χ0v) is 22.3. The highest BCUT2D eigenvalue weighted by molar-refractivity contribution is 7.91. The molecule has 0 amide bonds. The molecule has 37 heavy (non-hydrogen) atoms. The Morgan fingerprint density at radius 2 is 1.89 bits per heavy atom. The Hall–Kier alpha value is -3.24. The largest absolute Gasteiger partial charge is 0.386 e. The fraction of sp³-hybridized carbons (Fsp3) is 0.407. The lowest BCUT2D eigenvalue weighted by molar-refractivity contribution is 0.292. The average Bonchev–Trinajstić information content (AvgIpc) is 3.50. The van der Waals surface area contributed by atoms with Gasteiger partial charge in [-0.3, -0.25) is 9.25 Å². The van der Waals surface area contributed by atoms with Crippen LogP contribution < -0.4 is 5.32 Å². The van der Waals surface area contributed by atoms with Crippen LogP contribution in [0.2, 0.25) is 0 Å². The van der Waals surface area contributed by atoms with Gasteiger partial charge in [0, 0.05) is 49.5 Å². The first-order chi connectivity index (χ1) is 17.7. The summed E-state index contributed by atoms with van der Waals surface area (Å²) in [6.07, 6.45) is 7.74. The van der Waals surface area contributed by atoms with Crippen molar-refractivity contribution >= 4 is 26.6 Å². The molecule has 1 aromatic carbocycles. The SMILES string of the molecule is CNc1ccc(-c2ccc3c(CCCN4CCS(=O)(=O)CC4)cn(-c4cnn(C(C)C)c4)c3n2)cc1F. The van der Waals surface area contributed by atoms with Crippen LogP contribution >= 0.6 is 0 Å². The van der Waals surface area contributed by atoms with Crippen LogP contribution in [-0.2, 0) is 16.3 Å². The van der Waals surface area contributed by atoms with Crippen molar-refractivity contribution in [2.24, 2.45) is 0 Å². The molecule has 1 aliphatic rings. The first-order valence-corrected chi connectivity index (χ1v) is 14.5. The van der Waals surface area contributed by atoms with Crippen molar-refractivity contribution in [1.29, 1.82) is 0 Å². The summed E-state index contributed by atoms with van der Waals surface area (Å²) in [5.41, 5.74) is 4.76. The number of aromatic nitrogens is 4. The lowest BCUT2D eigenvalue weighted by Crippen LogP contribution is -2.40. The van der Waals surface area contributed by atoms with E-state index in [0.29, 0.717) is 30.0 Å². The summed E-state index contributed by atoms with van der Waals surface area (Å²) in [6.45, 7) is 6.23. The fourth-order valence-electron chi connectivity index (χ4n) is 4.80. The predicted molar refractivity (Wildman–Crippen MR) is 146 cm³/mol. The van der Waals surface area contributed by atoms with Crippen molar-refractivity contribution in [3.63, 3.8) is 0 Å². The molecule has 3 aromatic heterocycles. The molecule has 0 radical (unpaired) electrons. The smallest absolute Gasteiger partial charge is 0.152 e. The standard InChI is InChI=1S/C27H33FN6O2S/c1-19(2)34-18-22(16-30-34)33-17-21(5-4-10-32-11-13-37(35,36)14-12-32)23-7-9-25(31-27(23)33)20-6-8-26(29-3)24(28)15-20/h6-9,15-19,29H,4-5,10-14H2,1-3H3. The number of nitrogens with one attached hydrogen (secondary N) is 1. The number of nitrogens with zero attached hydrogens (tertiary/aromatic N) is 5. The van der Waals surface area contributed by atoms with Gasteiger partial charge in [-0.25, -0.2) is 17.8 Å². The Morgan fingerprint density at radius 3 is 2.57 bits per heavy atom. The number of fused-ring (bicyclic) bond motifs is 1. The number of hydrogen-bond acceptors (Lipinski definition) is 6. The minimum Gasteiger partial charge on any atom is -0.386 e. The first kappa shape index (κ1) is 25.4. The fourth-order valence-corrected chi connectivity index (χ4v) is 6.08. The summed E-state index contributed by atoms with van der Waals surface area (Å²) in [7, 11) is -1.18. The summed E-state index contributed by atoms with van der Waals surface area (Å²) in [6, 6.07) is 9.33. The number of pyridine rings is 1. The van der Waals surface area contributed by atoms with E-state index >= 15 is 0 Å². The van der Waals surface area contributed by atoms with Gasteiger partial charge in [-0.15, -0.1) is 0 Å². The van der Waals surface area contributed by atoms with Gasteiger partial charge >= 0.3 is 0 Å². The average molecular weight is 525 g/mol. The molecule has 4 aromatic rings. The first-order valence-electron chi connectivity index (χ1n) is 12.7. The maximum atomic E-state index is 14.5. The Balaban J connectivity index is 1.46. The third kappa shape index (κ3) is 5.40. The summed E-state index contributed by atoms with van der Waals surface area (Å²) in [4.78, 5) is 7.20. The number of benzene rings is 1. The Kier molecular flexibility index (Phi) is 7.04.